The minimum atomic E-state index is -0.275. The standard InChI is InChI=1S/C2HBrO2/c3-1-2(4)5-1/h1H. The van der Waals surface area contributed by atoms with Crippen LogP contribution in [0.5, 0.6) is 0 Å². The molecule has 1 unspecified atom stereocenters. The maximum atomic E-state index is 9.62. The number of epoxide rings is 1. The number of alkyl halides is 1. The number of rotatable bonds is 0. The van der Waals surface area contributed by atoms with Crippen LogP contribution in [-0.4, -0.2) is 11.0 Å². The summed E-state index contributed by atoms with van der Waals surface area (Å²) in [5, 5.41) is -0.275. The minimum absolute atomic E-state index is 0.162. The molecule has 0 aliphatic carbocycles. The number of hydrogen-bond donors (Lipinski definition) is 0. The molecule has 0 aromatic rings. The van der Waals surface area contributed by atoms with Crippen molar-refractivity contribution in [2.75, 3.05) is 0 Å². The van der Waals surface area contributed by atoms with Crippen molar-refractivity contribution in [3.05, 3.63) is 0 Å². The van der Waals surface area contributed by atoms with Gasteiger partial charge in [-0.2, -0.15) is 0 Å². The van der Waals surface area contributed by atoms with E-state index < -0.39 is 0 Å². The molecule has 0 aromatic carbocycles. The van der Waals surface area contributed by atoms with E-state index in [0.717, 1.165) is 0 Å². The van der Waals surface area contributed by atoms with Gasteiger partial charge in [-0.3, -0.25) is 0 Å². The minimum Gasteiger partial charge on any atom is -0.435 e. The number of carbonyl (C=O) groups excluding carboxylic acids is 1. The van der Waals surface area contributed by atoms with Gasteiger partial charge in [0.05, 0.1) is 0 Å². The molecular weight excluding hydrogens is 136 g/mol. The predicted molar refractivity (Wildman–Crippen MR) is 18.8 cm³/mol. The third-order valence-electron chi connectivity index (χ3n) is 0.348. The number of halogens is 1. The van der Waals surface area contributed by atoms with E-state index in [1.54, 1.807) is 0 Å². The Kier molecular flexibility index (Phi) is 0.449. The zero-order valence-corrected chi connectivity index (χ0v) is 3.86. The lowest BCUT2D eigenvalue weighted by Gasteiger charge is -1.44. The number of cyclic esters (lactones) is 1. The van der Waals surface area contributed by atoms with Crippen molar-refractivity contribution < 1.29 is 9.53 Å². The Balaban J connectivity index is 2.47. The van der Waals surface area contributed by atoms with Crippen LogP contribution >= 0.6 is 15.9 Å². The average Bonchev–Trinajstić information content (AvgIpc) is 1.79. The molecule has 1 atom stereocenters. The van der Waals surface area contributed by atoms with E-state index in [4.69, 9.17) is 0 Å². The van der Waals surface area contributed by atoms with Gasteiger partial charge in [-0.1, -0.05) is 0 Å². The Morgan fingerprint density at radius 1 is 2.00 bits per heavy atom. The summed E-state index contributed by atoms with van der Waals surface area (Å²) < 4.78 is 4.19. The molecule has 1 heterocycles. The molecule has 0 bridgehead atoms. The first-order valence-corrected chi connectivity index (χ1v) is 2.07. The zero-order valence-electron chi connectivity index (χ0n) is 2.27. The van der Waals surface area contributed by atoms with E-state index in [1.807, 2.05) is 0 Å². The van der Waals surface area contributed by atoms with E-state index in [1.165, 1.54) is 0 Å². The van der Waals surface area contributed by atoms with Gasteiger partial charge in [0.15, 0.2) is 0 Å². The van der Waals surface area contributed by atoms with Gasteiger partial charge in [-0.25, -0.2) is 4.79 Å². The molecule has 2 nitrogen and oxygen atoms in total. The molecule has 0 aromatic heterocycles. The summed E-state index contributed by atoms with van der Waals surface area (Å²) in [7, 11) is 0. The molecule has 0 spiro atoms. The molecule has 3 heteroatoms. The zero-order chi connectivity index (χ0) is 3.86. The van der Waals surface area contributed by atoms with Crippen LogP contribution in [0, 0.1) is 0 Å². The lowest BCUT2D eigenvalue weighted by molar-refractivity contribution is -0.117. The van der Waals surface area contributed by atoms with Crippen LogP contribution in [0.3, 0.4) is 0 Å². The number of carbonyl (C=O) groups is 1. The van der Waals surface area contributed by atoms with E-state index in [9.17, 15) is 4.79 Å². The lowest BCUT2D eigenvalue weighted by atomic mass is 11.0. The Labute approximate surface area is 37.2 Å². The van der Waals surface area contributed by atoms with Gasteiger partial charge in [-0.05, 0) is 15.9 Å². The fourth-order valence-corrected chi connectivity index (χ4v) is 0.252. The fraction of sp³-hybridized carbons (Fsp3) is 0.500. The predicted octanol–water partition coefficient (Wildman–Crippen LogP) is 0.264. The molecule has 1 saturated heterocycles. The summed E-state index contributed by atoms with van der Waals surface area (Å²) in [4.78, 5) is 9.62. The molecule has 0 N–H and O–H groups in total. The summed E-state index contributed by atoms with van der Waals surface area (Å²) in [5.74, 6) is -0.162. The summed E-state index contributed by atoms with van der Waals surface area (Å²) in [5.41, 5.74) is 0. The summed E-state index contributed by atoms with van der Waals surface area (Å²) >= 11 is 2.88. The molecule has 1 fully saturated rings. The summed E-state index contributed by atoms with van der Waals surface area (Å²) in [6, 6.07) is 0. The third-order valence-corrected chi connectivity index (χ3v) is 0.908. The van der Waals surface area contributed by atoms with Gasteiger partial charge >= 0.3 is 5.97 Å². The first kappa shape index (κ1) is 3.15. The van der Waals surface area contributed by atoms with Crippen molar-refractivity contribution in [3.63, 3.8) is 0 Å². The van der Waals surface area contributed by atoms with Crippen molar-refractivity contribution in [2.24, 2.45) is 0 Å². The van der Waals surface area contributed by atoms with Gasteiger partial charge < -0.3 is 4.74 Å². The van der Waals surface area contributed by atoms with Gasteiger partial charge in [0, 0.05) is 0 Å². The topological polar surface area (TPSA) is 29.6 Å². The molecule has 0 radical (unpaired) electrons. The Morgan fingerprint density at radius 3 is 2.20 bits per heavy atom. The van der Waals surface area contributed by atoms with Gasteiger partial charge in [-0.15, -0.1) is 0 Å². The third kappa shape index (κ3) is 0.424. The molecule has 5 heavy (non-hydrogen) atoms. The molecule has 0 amide bonds. The highest BCUT2D eigenvalue weighted by Gasteiger charge is 2.34. The van der Waals surface area contributed by atoms with Crippen LogP contribution < -0.4 is 0 Å². The van der Waals surface area contributed by atoms with Crippen LogP contribution in [-0.2, 0) is 9.53 Å². The highest BCUT2D eigenvalue weighted by Crippen LogP contribution is 2.17. The highest BCUT2D eigenvalue weighted by molar-refractivity contribution is 9.10. The maximum Gasteiger partial charge on any atom is 0.360 e. The molecule has 1 aliphatic rings. The number of hydrogen-bond acceptors (Lipinski definition) is 2. The molecule has 1 rings (SSSR count). The van der Waals surface area contributed by atoms with Crippen molar-refractivity contribution in [1.82, 2.24) is 0 Å². The van der Waals surface area contributed by atoms with Crippen LogP contribution in [0.1, 0.15) is 0 Å². The van der Waals surface area contributed by atoms with Crippen molar-refractivity contribution in [2.45, 2.75) is 5.01 Å². The van der Waals surface area contributed by atoms with Crippen LogP contribution in [0.25, 0.3) is 0 Å². The van der Waals surface area contributed by atoms with E-state index in [-0.39, 0.29) is 11.0 Å². The van der Waals surface area contributed by atoms with Gasteiger partial charge in [0.1, 0.15) is 0 Å². The van der Waals surface area contributed by atoms with Crippen molar-refractivity contribution in [3.8, 4) is 0 Å². The van der Waals surface area contributed by atoms with Crippen LogP contribution in [0.2, 0.25) is 0 Å². The Morgan fingerprint density at radius 2 is 2.20 bits per heavy atom. The largest absolute Gasteiger partial charge is 0.435 e. The second kappa shape index (κ2) is 0.712. The molecular formula is C2HBrO2. The summed E-state index contributed by atoms with van der Waals surface area (Å²) in [6.45, 7) is 0. The SMILES string of the molecule is O=C1OC1Br. The van der Waals surface area contributed by atoms with Crippen LogP contribution in [0.15, 0.2) is 0 Å². The molecule has 0 saturated carbocycles. The van der Waals surface area contributed by atoms with Crippen molar-refractivity contribution in [1.29, 1.82) is 0 Å². The molecule has 1 aliphatic heterocycles. The smallest absolute Gasteiger partial charge is 0.360 e. The first-order valence-electron chi connectivity index (χ1n) is 1.15. The Bertz CT molecular complexity index is 70.0. The average molecular weight is 137 g/mol. The fourth-order valence-electron chi connectivity index (χ4n) is 0.0680. The normalized spacial score (nSPS) is 33.0. The van der Waals surface area contributed by atoms with Gasteiger partial charge in [0.25, 0.3) is 5.01 Å². The highest BCUT2D eigenvalue weighted by atomic mass is 79.9. The lowest BCUT2D eigenvalue weighted by Crippen LogP contribution is -1.62. The van der Waals surface area contributed by atoms with E-state index in [0.29, 0.717) is 0 Å². The monoisotopic (exact) mass is 136 g/mol. The van der Waals surface area contributed by atoms with E-state index >= 15 is 0 Å². The Hall–Kier alpha value is -0.0500. The second-order valence-corrected chi connectivity index (χ2v) is 1.58. The maximum absolute atomic E-state index is 9.62. The number of ether oxygens (including phenoxy) is 1. The van der Waals surface area contributed by atoms with Crippen LogP contribution in [0.4, 0.5) is 0 Å². The van der Waals surface area contributed by atoms with Crippen molar-refractivity contribution >= 4 is 21.9 Å². The first-order chi connectivity index (χ1) is 2.30. The quantitative estimate of drug-likeness (QED) is 0.354. The summed E-state index contributed by atoms with van der Waals surface area (Å²) in [6.07, 6.45) is 0. The van der Waals surface area contributed by atoms with Gasteiger partial charge in [0.2, 0.25) is 0 Å². The molecule has 28 valence electrons. The van der Waals surface area contributed by atoms with E-state index in [2.05, 4.69) is 20.7 Å². The second-order valence-electron chi connectivity index (χ2n) is 0.753.